The van der Waals surface area contributed by atoms with Crippen molar-refractivity contribution in [1.82, 2.24) is 0 Å². The average Bonchev–Trinajstić information content (AvgIpc) is 1.87. The highest BCUT2D eigenvalue weighted by atomic mass is 16.3. The third kappa shape index (κ3) is 3.46. The van der Waals surface area contributed by atoms with Crippen molar-refractivity contribution in [2.75, 3.05) is 13.2 Å². The summed E-state index contributed by atoms with van der Waals surface area (Å²) >= 11 is 0. The van der Waals surface area contributed by atoms with E-state index in [1.807, 2.05) is 0 Å². The molecule has 0 amide bonds. The van der Waals surface area contributed by atoms with Gasteiger partial charge >= 0.3 is 0 Å². The van der Waals surface area contributed by atoms with Crippen LogP contribution in [0.2, 0.25) is 0 Å². The summed E-state index contributed by atoms with van der Waals surface area (Å²) in [5, 5.41) is 25.7. The number of aliphatic hydroxyl groups excluding tert-OH is 3. The molecule has 0 aliphatic carbocycles. The Balaban J connectivity index is 3.32. The highest BCUT2D eigenvalue weighted by Crippen LogP contribution is 2.05. The van der Waals surface area contributed by atoms with Crippen LogP contribution in [-0.2, 0) is 0 Å². The van der Waals surface area contributed by atoms with Gasteiger partial charge in [0.25, 0.3) is 0 Å². The predicted octanol–water partition coefficient (Wildman–Crippen LogP) is -0.642. The minimum Gasteiger partial charge on any atom is -0.396 e. The maximum atomic E-state index is 8.90. The van der Waals surface area contributed by atoms with Crippen LogP contribution in [0.1, 0.15) is 13.3 Å². The third-order valence-corrected chi connectivity index (χ3v) is 1.43. The second-order valence-electron chi connectivity index (χ2n) is 2.24. The van der Waals surface area contributed by atoms with Crippen LogP contribution in [0.15, 0.2) is 0 Å². The fourth-order valence-electron chi connectivity index (χ4n) is 0.576. The lowest BCUT2D eigenvalue weighted by atomic mass is 10.0. The molecule has 0 spiro atoms. The van der Waals surface area contributed by atoms with Crippen molar-refractivity contribution >= 4 is 0 Å². The van der Waals surface area contributed by atoms with Gasteiger partial charge in [-0.25, -0.2) is 0 Å². The van der Waals surface area contributed by atoms with Crippen molar-refractivity contribution in [1.29, 1.82) is 0 Å². The minimum atomic E-state index is -0.683. The molecule has 2 atom stereocenters. The maximum absolute atomic E-state index is 8.90. The van der Waals surface area contributed by atoms with Gasteiger partial charge < -0.3 is 15.3 Å². The van der Waals surface area contributed by atoms with E-state index in [1.165, 1.54) is 0 Å². The smallest absolute Gasteiger partial charge is 0.0797 e. The van der Waals surface area contributed by atoms with E-state index < -0.39 is 6.10 Å². The van der Waals surface area contributed by atoms with Crippen molar-refractivity contribution in [3.05, 3.63) is 0 Å². The molecule has 56 valence electrons. The number of hydrogen-bond acceptors (Lipinski definition) is 3. The fraction of sp³-hybridized carbons (Fsp3) is 1.00. The summed E-state index contributed by atoms with van der Waals surface area (Å²) in [5.41, 5.74) is 0. The number of rotatable bonds is 4. The summed E-state index contributed by atoms with van der Waals surface area (Å²) in [4.78, 5) is 0. The van der Waals surface area contributed by atoms with Gasteiger partial charge in [0.05, 0.1) is 12.7 Å². The van der Waals surface area contributed by atoms with Gasteiger partial charge in [-0.1, -0.05) is 6.92 Å². The van der Waals surface area contributed by atoms with Gasteiger partial charge in [0.1, 0.15) is 0 Å². The Morgan fingerprint density at radius 1 is 1.33 bits per heavy atom. The number of hydrogen-bond donors (Lipinski definition) is 3. The van der Waals surface area contributed by atoms with E-state index in [-0.39, 0.29) is 19.1 Å². The van der Waals surface area contributed by atoms with Crippen LogP contribution in [-0.4, -0.2) is 34.6 Å². The van der Waals surface area contributed by atoms with Gasteiger partial charge in [-0.05, 0) is 12.3 Å². The second-order valence-corrected chi connectivity index (χ2v) is 2.24. The van der Waals surface area contributed by atoms with Gasteiger partial charge in [-0.2, -0.15) is 0 Å². The van der Waals surface area contributed by atoms with Gasteiger partial charge in [0.15, 0.2) is 0 Å². The second kappa shape index (κ2) is 4.73. The minimum absolute atomic E-state index is 0.0139. The molecule has 0 saturated heterocycles. The van der Waals surface area contributed by atoms with Crippen molar-refractivity contribution in [2.24, 2.45) is 5.92 Å². The van der Waals surface area contributed by atoms with Gasteiger partial charge in [0, 0.05) is 6.61 Å². The molecule has 0 aliphatic rings. The van der Waals surface area contributed by atoms with Crippen LogP contribution in [0.4, 0.5) is 0 Å². The molecule has 3 N–H and O–H groups in total. The Hall–Kier alpha value is -0.120. The first-order chi connectivity index (χ1) is 4.22. The lowest BCUT2D eigenvalue weighted by molar-refractivity contribution is 0.0439. The first-order valence-electron chi connectivity index (χ1n) is 3.12. The highest BCUT2D eigenvalue weighted by Gasteiger charge is 2.10. The van der Waals surface area contributed by atoms with Crippen LogP contribution < -0.4 is 0 Å². The molecule has 3 heteroatoms. The molecule has 0 aromatic rings. The molecular weight excluding hydrogens is 120 g/mol. The van der Waals surface area contributed by atoms with E-state index >= 15 is 0 Å². The van der Waals surface area contributed by atoms with E-state index in [4.69, 9.17) is 15.3 Å². The van der Waals surface area contributed by atoms with Crippen LogP contribution >= 0.6 is 0 Å². The Morgan fingerprint density at radius 2 is 1.89 bits per heavy atom. The lowest BCUT2D eigenvalue weighted by Gasteiger charge is -2.14. The molecule has 0 aromatic carbocycles. The van der Waals surface area contributed by atoms with Crippen molar-refractivity contribution < 1.29 is 15.3 Å². The summed E-state index contributed by atoms with van der Waals surface area (Å²) < 4.78 is 0. The Kier molecular flexibility index (Phi) is 4.67. The molecule has 0 rings (SSSR count). The molecule has 0 aromatic heterocycles. The summed E-state index contributed by atoms with van der Waals surface area (Å²) in [6, 6.07) is 0. The SMILES string of the molecule is CC(CCO)C(O)CO. The van der Waals surface area contributed by atoms with Gasteiger partial charge in [-0.15, -0.1) is 0 Å². The van der Waals surface area contributed by atoms with Crippen molar-refractivity contribution in [3.8, 4) is 0 Å². The lowest BCUT2D eigenvalue weighted by Crippen LogP contribution is -2.22. The largest absolute Gasteiger partial charge is 0.396 e. The quantitative estimate of drug-likeness (QED) is 0.479. The highest BCUT2D eigenvalue weighted by molar-refractivity contribution is 4.61. The third-order valence-electron chi connectivity index (χ3n) is 1.43. The summed E-state index contributed by atoms with van der Waals surface area (Å²) in [5.74, 6) is -0.0139. The predicted molar refractivity (Wildman–Crippen MR) is 34.0 cm³/mol. The van der Waals surface area contributed by atoms with Crippen molar-refractivity contribution in [3.63, 3.8) is 0 Å². The van der Waals surface area contributed by atoms with Crippen LogP contribution in [0, 0.1) is 5.92 Å². The van der Waals surface area contributed by atoms with Gasteiger partial charge in [0.2, 0.25) is 0 Å². The summed E-state index contributed by atoms with van der Waals surface area (Å²) in [7, 11) is 0. The topological polar surface area (TPSA) is 60.7 Å². The molecular formula is C6H14O3. The van der Waals surface area contributed by atoms with Crippen LogP contribution in [0.3, 0.4) is 0 Å². The maximum Gasteiger partial charge on any atom is 0.0797 e. The van der Waals surface area contributed by atoms with E-state index in [0.717, 1.165) is 0 Å². The average molecular weight is 134 g/mol. The van der Waals surface area contributed by atoms with E-state index in [1.54, 1.807) is 6.92 Å². The summed E-state index contributed by atoms with van der Waals surface area (Å²) in [6.45, 7) is 1.64. The molecule has 0 radical (unpaired) electrons. The van der Waals surface area contributed by atoms with Crippen molar-refractivity contribution in [2.45, 2.75) is 19.4 Å². The molecule has 0 fully saturated rings. The molecule has 2 unspecified atom stereocenters. The molecule has 0 saturated carbocycles. The van der Waals surface area contributed by atoms with Gasteiger partial charge in [-0.3, -0.25) is 0 Å². The fourth-order valence-corrected chi connectivity index (χ4v) is 0.576. The zero-order valence-corrected chi connectivity index (χ0v) is 5.62. The zero-order chi connectivity index (χ0) is 7.28. The van der Waals surface area contributed by atoms with Crippen LogP contribution in [0.5, 0.6) is 0 Å². The Morgan fingerprint density at radius 3 is 2.22 bits per heavy atom. The van der Waals surface area contributed by atoms with E-state index in [9.17, 15) is 0 Å². The van der Waals surface area contributed by atoms with E-state index in [0.29, 0.717) is 6.42 Å². The molecule has 0 bridgehead atoms. The Bertz CT molecular complexity index is 65.3. The molecule has 3 nitrogen and oxygen atoms in total. The zero-order valence-electron chi connectivity index (χ0n) is 5.62. The first-order valence-corrected chi connectivity index (χ1v) is 3.12. The first kappa shape index (κ1) is 8.88. The summed E-state index contributed by atoms with van der Waals surface area (Å²) in [6.07, 6.45) is -0.140. The molecule has 0 heterocycles. The van der Waals surface area contributed by atoms with E-state index in [2.05, 4.69) is 0 Å². The monoisotopic (exact) mass is 134 g/mol. The normalized spacial score (nSPS) is 17.3. The molecule has 9 heavy (non-hydrogen) atoms. The standard InChI is InChI=1S/C6H14O3/c1-5(2-3-7)6(9)4-8/h5-9H,2-4H2,1H3. The number of aliphatic hydroxyl groups is 3. The van der Waals surface area contributed by atoms with Crippen LogP contribution in [0.25, 0.3) is 0 Å². The molecule has 0 aliphatic heterocycles. The Labute approximate surface area is 54.9 Å².